The van der Waals surface area contributed by atoms with Gasteiger partial charge in [-0.2, -0.15) is 0 Å². The molecular formula is C11H10O3. The SMILES string of the molecule is CC1=C(O)C(c2ccccc2)OC1=O. The van der Waals surface area contributed by atoms with Crippen molar-refractivity contribution in [2.75, 3.05) is 0 Å². The molecule has 2 rings (SSSR count). The normalized spacial score (nSPS) is 21.2. The number of rotatable bonds is 1. The van der Waals surface area contributed by atoms with Crippen molar-refractivity contribution in [1.82, 2.24) is 0 Å². The van der Waals surface area contributed by atoms with Gasteiger partial charge in [0.15, 0.2) is 6.10 Å². The number of cyclic esters (lactones) is 1. The molecule has 1 N–H and O–H groups in total. The first-order chi connectivity index (χ1) is 6.70. The van der Waals surface area contributed by atoms with Gasteiger partial charge in [-0.3, -0.25) is 0 Å². The highest BCUT2D eigenvalue weighted by Crippen LogP contribution is 2.32. The summed E-state index contributed by atoms with van der Waals surface area (Å²) in [4.78, 5) is 11.1. The Bertz CT molecular complexity index is 392. The molecule has 0 saturated heterocycles. The van der Waals surface area contributed by atoms with Gasteiger partial charge in [0.05, 0.1) is 5.57 Å². The van der Waals surface area contributed by atoms with Crippen LogP contribution in [0.4, 0.5) is 0 Å². The summed E-state index contributed by atoms with van der Waals surface area (Å²) in [5, 5.41) is 9.62. The van der Waals surface area contributed by atoms with Crippen molar-refractivity contribution in [3.05, 3.63) is 47.2 Å². The van der Waals surface area contributed by atoms with E-state index >= 15 is 0 Å². The van der Waals surface area contributed by atoms with E-state index in [0.29, 0.717) is 5.57 Å². The third-order valence-electron chi connectivity index (χ3n) is 2.27. The van der Waals surface area contributed by atoms with E-state index in [2.05, 4.69) is 0 Å². The molecule has 1 heterocycles. The van der Waals surface area contributed by atoms with Gasteiger partial charge in [0.25, 0.3) is 0 Å². The van der Waals surface area contributed by atoms with Crippen molar-refractivity contribution in [2.45, 2.75) is 13.0 Å². The predicted molar refractivity (Wildman–Crippen MR) is 50.6 cm³/mol. The van der Waals surface area contributed by atoms with E-state index in [4.69, 9.17) is 4.74 Å². The van der Waals surface area contributed by atoms with Gasteiger partial charge in [0.1, 0.15) is 5.76 Å². The maximum absolute atomic E-state index is 11.1. The molecule has 0 spiro atoms. The quantitative estimate of drug-likeness (QED) is 0.690. The van der Waals surface area contributed by atoms with Crippen molar-refractivity contribution in [3.63, 3.8) is 0 Å². The van der Waals surface area contributed by atoms with Gasteiger partial charge < -0.3 is 9.84 Å². The molecule has 1 atom stereocenters. The Balaban J connectivity index is 2.36. The van der Waals surface area contributed by atoms with Crippen molar-refractivity contribution >= 4 is 5.97 Å². The fraction of sp³-hybridized carbons (Fsp3) is 0.182. The van der Waals surface area contributed by atoms with Gasteiger partial charge >= 0.3 is 5.97 Å². The summed E-state index contributed by atoms with van der Waals surface area (Å²) in [6.45, 7) is 1.56. The van der Waals surface area contributed by atoms with E-state index in [0.717, 1.165) is 5.56 Å². The van der Waals surface area contributed by atoms with Crippen molar-refractivity contribution in [3.8, 4) is 0 Å². The summed E-state index contributed by atoms with van der Waals surface area (Å²) in [5.74, 6) is -0.433. The minimum Gasteiger partial charge on any atom is -0.507 e. The lowest BCUT2D eigenvalue weighted by atomic mass is 10.1. The van der Waals surface area contributed by atoms with Crippen LogP contribution in [0.25, 0.3) is 0 Å². The first kappa shape index (κ1) is 8.81. The van der Waals surface area contributed by atoms with Crippen LogP contribution >= 0.6 is 0 Å². The Labute approximate surface area is 81.6 Å². The van der Waals surface area contributed by atoms with Gasteiger partial charge in [0, 0.05) is 5.56 Å². The lowest BCUT2D eigenvalue weighted by Crippen LogP contribution is -2.02. The number of carbonyl (C=O) groups is 1. The van der Waals surface area contributed by atoms with E-state index in [9.17, 15) is 9.90 Å². The minimum atomic E-state index is -0.622. The van der Waals surface area contributed by atoms with Crippen LogP contribution in [-0.2, 0) is 9.53 Å². The lowest BCUT2D eigenvalue weighted by molar-refractivity contribution is -0.140. The van der Waals surface area contributed by atoms with Crippen LogP contribution < -0.4 is 0 Å². The second kappa shape index (κ2) is 3.18. The zero-order chi connectivity index (χ0) is 10.1. The van der Waals surface area contributed by atoms with E-state index in [1.165, 1.54) is 0 Å². The second-order valence-corrected chi connectivity index (χ2v) is 3.21. The molecule has 0 fully saturated rings. The maximum atomic E-state index is 11.1. The molecule has 72 valence electrons. The first-order valence-electron chi connectivity index (χ1n) is 4.36. The highest BCUT2D eigenvalue weighted by Gasteiger charge is 2.32. The molecule has 1 aliphatic rings. The van der Waals surface area contributed by atoms with Gasteiger partial charge in [-0.25, -0.2) is 4.79 Å². The Morgan fingerprint density at radius 3 is 2.43 bits per heavy atom. The molecule has 0 aliphatic carbocycles. The molecule has 14 heavy (non-hydrogen) atoms. The average molecular weight is 190 g/mol. The van der Waals surface area contributed by atoms with Crippen LogP contribution in [0.2, 0.25) is 0 Å². The third-order valence-corrected chi connectivity index (χ3v) is 2.27. The topological polar surface area (TPSA) is 46.5 Å². The Hall–Kier alpha value is -1.77. The first-order valence-corrected chi connectivity index (χ1v) is 4.36. The molecule has 0 aromatic heterocycles. The summed E-state index contributed by atoms with van der Waals surface area (Å²) in [5.41, 5.74) is 1.08. The summed E-state index contributed by atoms with van der Waals surface area (Å²) in [6.07, 6.45) is -0.622. The van der Waals surface area contributed by atoms with Crippen molar-refractivity contribution < 1.29 is 14.6 Å². The van der Waals surface area contributed by atoms with E-state index in [1.54, 1.807) is 6.92 Å². The summed E-state index contributed by atoms with van der Waals surface area (Å²) in [6, 6.07) is 9.17. The molecule has 1 aromatic carbocycles. The molecule has 0 saturated carbocycles. The Morgan fingerprint density at radius 1 is 1.29 bits per heavy atom. The summed E-state index contributed by atoms with van der Waals surface area (Å²) in [7, 11) is 0. The van der Waals surface area contributed by atoms with Crippen molar-refractivity contribution in [1.29, 1.82) is 0 Å². The molecular weight excluding hydrogens is 180 g/mol. The van der Waals surface area contributed by atoms with Crippen LogP contribution in [0.15, 0.2) is 41.7 Å². The number of hydrogen-bond acceptors (Lipinski definition) is 3. The van der Waals surface area contributed by atoms with Gasteiger partial charge in [-0.1, -0.05) is 30.3 Å². The second-order valence-electron chi connectivity index (χ2n) is 3.21. The molecule has 0 amide bonds. The average Bonchev–Trinajstić information content (AvgIpc) is 2.47. The zero-order valence-electron chi connectivity index (χ0n) is 7.73. The molecule has 1 aliphatic heterocycles. The summed E-state index contributed by atoms with van der Waals surface area (Å²) >= 11 is 0. The van der Waals surface area contributed by atoms with Crippen LogP contribution in [0.5, 0.6) is 0 Å². The fourth-order valence-electron chi connectivity index (χ4n) is 1.41. The maximum Gasteiger partial charge on any atom is 0.338 e. The van der Waals surface area contributed by atoms with Crippen LogP contribution in [-0.4, -0.2) is 11.1 Å². The standard InChI is InChI=1S/C11H10O3/c1-7-9(12)10(14-11(7)13)8-5-3-2-4-6-8/h2-6,10,12H,1H3. The number of aliphatic hydroxyl groups is 1. The molecule has 3 nitrogen and oxygen atoms in total. The summed E-state index contributed by atoms with van der Waals surface area (Å²) < 4.78 is 5.01. The van der Waals surface area contributed by atoms with E-state index in [-0.39, 0.29) is 5.76 Å². The minimum absolute atomic E-state index is 0.0150. The fourth-order valence-corrected chi connectivity index (χ4v) is 1.41. The molecule has 0 radical (unpaired) electrons. The van der Waals surface area contributed by atoms with Crippen LogP contribution in [0.3, 0.4) is 0 Å². The number of benzene rings is 1. The smallest absolute Gasteiger partial charge is 0.338 e. The highest BCUT2D eigenvalue weighted by atomic mass is 16.6. The Morgan fingerprint density at radius 2 is 1.93 bits per heavy atom. The highest BCUT2D eigenvalue weighted by molar-refractivity contribution is 5.91. The predicted octanol–water partition coefficient (Wildman–Crippen LogP) is 2.12. The number of esters is 1. The molecule has 1 unspecified atom stereocenters. The molecule has 3 heteroatoms. The van der Waals surface area contributed by atoms with E-state index < -0.39 is 12.1 Å². The van der Waals surface area contributed by atoms with Crippen LogP contribution in [0.1, 0.15) is 18.6 Å². The Kier molecular flexibility index (Phi) is 2.00. The van der Waals surface area contributed by atoms with Crippen molar-refractivity contribution in [2.24, 2.45) is 0 Å². The largest absolute Gasteiger partial charge is 0.507 e. The van der Waals surface area contributed by atoms with Gasteiger partial charge in [-0.15, -0.1) is 0 Å². The molecule has 1 aromatic rings. The third kappa shape index (κ3) is 1.27. The number of aliphatic hydroxyl groups excluding tert-OH is 1. The zero-order valence-corrected chi connectivity index (χ0v) is 7.73. The number of ether oxygens (including phenoxy) is 1. The lowest BCUT2D eigenvalue weighted by Gasteiger charge is -2.09. The number of hydrogen-bond donors (Lipinski definition) is 1. The van der Waals surface area contributed by atoms with Gasteiger partial charge in [-0.05, 0) is 6.92 Å². The van der Waals surface area contributed by atoms with Crippen LogP contribution in [0, 0.1) is 0 Å². The van der Waals surface area contributed by atoms with E-state index in [1.807, 2.05) is 30.3 Å². The monoisotopic (exact) mass is 190 g/mol. The molecule has 0 bridgehead atoms. The number of carbonyl (C=O) groups excluding carboxylic acids is 1. The van der Waals surface area contributed by atoms with Gasteiger partial charge in [0.2, 0.25) is 0 Å².